The first kappa shape index (κ1) is 10.6. The maximum absolute atomic E-state index is 11.8. The highest BCUT2D eigenvalue weighted by molar-refractivity contribution is 5.85. The van der Waals surface area contributed by atoms with Crippen molar-refractivity contribution in [2.75, 3.05) is 18.6 Å². The number of ether oxygens (including phenoxy) is 1. The highest BCUT2D eigenvalue weighted by Crippen LogP contribution is 2.48. The van der Waals surface area contributed by atoms with Crippen LogP contribution in [-0.4, -0.2) is 30.5 Å². The molecular formula is C13H15NO3. The molecule has 1 saturated heterocycles. The van der Waals surface area contributed by atoms with E-state index in [2.05, 4.69) is 6.07 Å². The minimum Gasteiger partial charge on any atom is -0.465 e. The molecule has 4 rings (SSSR count). The van der Waals surface area contributed by atoms with Crippen LogP contribution in [-0.2, 0) is 9.53 Å². The van der Waals surface area contributed by atoms with Crippen LogP contribution in [0.15, 0.2) is 24.3 Å². The fourth-order valence-electron chi connectivity index (χ4n) is 3.05. The van der Waals surface area contributed by atoms with Crippen LogP contribution in [0.1, 0.15) is 24.3 Å². The molecule has 4 heteroatoms. The van der Waals surface area contributed by atoms with E-state index in [1.54, 1.807) is 4.90 Å². The van der Waals surface area contributed by atoms with E-state index in [-0.39, 0.29) is 5.92 Å². The van der Waals surface area contributed by atoms with Gasteiger partial charge in [0.25, 0.3) is 0 Å². The predicted molar refractivity (Wildman–Crippen MR) is 62.7 cm³/mol. The van der Waals surface area contributed by atoms with Crippen molar-refractivity contribution in [3.05, 3.63) is 29.8 Å². The third kappa shape index (κ3) is 1.30. The number of nitrogens with zero attached hydrogens (tertiary/aromatic N) is 1. The second-order valence-electron chi connectivity index (χ2n) is 4.71. The molecule has 1 aromatic rings. The van der Waals surface area contributed by atoms with Crippen molar-refractivity contribution in [1.82, 2.24) is 0 Å². The van der Waals surface area contributed by atoms with Gasteiger partial charge in [-0.15, -0.1) is 0 Å². The minimum absolute atomic E-state index is 0.250. The zero-order chi connectivity index (χ0) is 12.0. The molecule has 1 N–H and O–H groups in total. The lowest BCUT2D eigenvalue weighted by Gasteiger charge is -2.51. The number of piperidine rings is 1. The highest BCUT2D eigenvalue weighted by atomic mass is 16.5. The third-order valence-corrected chi connectivity index (χ3v) is 3.86. The van der Waals surface area contributed by atoms with Crippen LogP contribution in [0.25, 0.3) is 0 Å². The number of fused-ring (bicyclic) bond motifs is 2. The molecule has 3 aliphatic heterocycles. The van der Waals surface area contributed by atoms with Crippen LogP contribution in [0.3, 0.4) is 0 Å². The summed E-state index contributed by atoms with van der Waals surface area (Å²) in [7, 11) is 1.32. The molecule has 17 heavy (non-hydrogen) atoms. The zero-order valence-electron chi connectivity index (χ0n) is 9.72. The summed E-state index contributed by atoms with van der Waals surface area (Å²) in [4.78, 5) is 13.5. The maximum Gasteiger partial charge on any atom is 0.359 e. The summed E-state index contributed by atoms with van der Waals surface area (Å²) >= 11 is 0. The number of anilines is 1. The van der Waals surface area contributed by atoms with Gasteiger partial charge in [-0.05, 0) is 24.0 Å². The van der Waals surface area contributed by atoms with E-state index in [4.69, 9.17) is 4.74 Å². The molecule has 0 spiro atoms. The number of para-hydroxylation sites is 1. The number of benzene rings is 1. The first-order valence-corrected chi connectivity index (χ1v) is 5.84. The molecule has 3 heterocycles. The molecule has 2 atom stereocenters. The van der Waals surface area contributed by atoms with E-state index in [0.717, 1.165) is 12.1 Å². The van der Waals surface area contributed by atoms with Gasteiger partial charge in [0.15, 0.2) is 0 Å². The fourth-order valence-corrected chi connectivity index (χ4v) is 3.05. The van der Waals surface area contributed by atoms with Crippen molar-refractivity contribution in [1.29, 1.82) is 0 Å². The Hall–Kier alpha value is -1.55. The normalized spacial score (nSPS) is 30.0. The average molecular weight is 233 g/mol. The summed E-state index contributed by atoms with van der Waals surface area (Å²) < 4.78 is 4.73. The van der Waals surface area contributed by atoms with E-state index in [0.29, 0.717) is 13.0 Å². The molecule has 4 nitrogen and oxygen atoms in total. The van der Waals surface area contributed by atoms with Crippen LogP contribution in [0, 0.1) is 0 Å². The molecular weight excluding hydrogens is 218 g/mol. The van der Waals surface area contributed by atoms with Gasteiger partial charge in [-0.3, -0.25) is 0 Å². The SMILES string of the molecule is COC(=O)C1(O)CC2CCN1c1ccccc12. The minimum atomic E-state index is -1.48. The quantitative estimate of drug-likeness (QED) is 0.742. The third-order valence-electron chi connectivity index (χ3n) is 3.86. The number of esters is 1. The van der Waals surface area contributed by atoms with Gasteiger partial charge >= 0.3 is 5.97 Å². The van der Waals surface area contributed by atoms with Crippen LogP contribution in [0.2, 0.25) is 0 Å². The molecule has 90 valence electrons. The Bertz CT molecular complexity index is 473. The second-order valence-corrected chi connectivity index (χ2v) is 4.71. The smallest absolute Gasteiger partial charge is 0.359 e. The zero-order valence-corrected chi connectivity index (χ0v) is 9.72. The van der Waals surface area contributed by atoms with Gasteiger partial charge in [0.1, 0.15) is 0 Å². The highest BCUT2D eigenvalue weighted by Gasteiger charge is 2.52. The topological polar surface area (TPSA) is 49.8 Å². The Morgan fingerprint density at radius 2 is 2.29 bits per heavy atom. The van der Waals surface area contributed by atoms with Crippen molar-refractivity contribution < 1.29 is 14.6 Å². The van der Waals surface area contributed by atoms with E-state index in [9.17, 15) is 9.90 Å². The van der Waals surface area contributed by atoms with Crippen LogP contribution >= 0.6 is 0 Å². The standard InChI is InChI=1S/C13H15NO3/c1-17-12(15)13(16)8-9-6-7-14(13)11-5-3-2-4-10(9)11/h2-5,9,16H,6-8H2,1H3. The first-order valence-electron chi connectivity index (χ1n) is 5.84. The Labute approximate surface area is 99.8 Å². The van der Waals surface area contributed by atoms with Gasteiger partial charge in [0.05, 0.1) is 7.11 Å². The van der Waals surface area contributed by atoms with Crippen LogP contribution in [0.4, 0.5) is 5.69 Å². The predicted octanol–water partition coefficient (Wildman–Crippen LogP) is 1.25. The molecule has 0 amide bonds. The molecule has 2 unspecified atom stereocenters. The largest absolute Gasteiger partial charge is 0.465 e. The van der Waals surface area contributed by atoms with Crippen molar-refractivity contribution >= 4 is 11.7 Å². The van der Waals surface area contributed by atoms with Gasteiger partial charge in [0, 0.05) is 18.7 Å². The number of hydrogen-bond donors (Lipinski definition) is 1. The summed E-state index contributed by atoms with van der Waals surface area (Å²) in [5.74, 6) is -0.308. The van der Waals surface area contributed by atoms with Gasteiger partial charge in [0.2, 0.25) is 5.72 Å². The Kier molecular flexibility index (Phi) is 2.16. The number of aliphatic hydroxyl groups is 1. The van der Waals surface area contributed by atoms with Crippen molar-refractivity contribution in [3.8, 4) is 0 Å². The van der Waals surface area contributed by atoms with E-state index >= 15 is 0 Å². The fraction of sp³-hybridized carbons (Fsp3) is 0.462. The number of rotatable bonds is 1. The lowest BCUT2D eigenvalue weighted by molar-refractivity contribution is -0.165. The molecule has 2 bridgehead atoms. The summed E-state index contributed by atoms with van der Waals surface area (Å²) in [6.07, 6.45) is 1.41. The van der Waals surface area contributed by atoms with Crippen molar-refractivity contribution in [3.63, 3.8) is 0 Å². The molecule has 1 aromatic carbocycles. The Morgan fingerprint density at radius 3 is 3.06 bits per heavy atom. The summed E-state index contributed by atoms with van der Waals surface area (Å²) in [6, 6.07) is 7.95. The summed E-state index contributed by atoms with van der Waals surface area (Å²) in [5.41, 5.74) is 0.710. The van der Waals surface area contributed by atoms with Crippen molar-refractivity contribution in [2.24, 2.45) is 0 Å². The molecule has 0 radical (unpaired) electrons. The Morgan fingerprint density at radius 1 is 1.53 bits per heavy atom. The summed E-state index contributed by atoms with van der Waals surface area (Å²) in [5, 5.41) is 10.5. The monoisotopic (exact) mass is 233 g/mol. The molecule has 0 saturated carbocycles. The maximum atomic E-state index is 11.8. The molecule has 0 aliphatic carbocycles. The van der Waals surface area contributed by atoms with E-state index in [1.807, 2.05) is 18.2 Å². The van der Waals surface area contributed by atoms with E-state index in [1.165, 1.54) is 12.7 Å². The molecule has 0 aromatic heterocycles. The number of methoxy groups -OCH3 is 1. The van der Waals surface area contributed by atoms with Gasteiger partial charge in [-0.1, -0.05) is 18.2 Å². The number of carbonyl (C=O) groups is 1. The lowest BCUT2D eigenvalue weighted by atomic mass is 9.77. The van der Waals surface area contributed by atoms with E-state index < -0.39 is 11.7 Å². The number of carbonyl (C=O) groups excluding carboxylic acids is 1. The average Bonchev–Trinajstić information content (AvgIpc) is 2.38. The lowest BCUT2D eigenvalue weighted by Crippen LogP contribution is -2.62. The van der Waals surface area contributed by atoms with Crippen LogP contribution in [0.5, 0.6) is 0 Å². The van der Waals surface area contributed by atoms with Gasteiger partial charge < -0.3 is 14.7 Å². The Balaban J connectivity index is 2.10. The molecule has 3 aliphatic rings. The second kappa shape index (κ2) is 3.47. The van der Waals surface area contributed by atoms with Crippen LogP contribution < -0.4 is 4.90 Å². The number of hydrogen-bond acceptors (Lipinski definition) is 4. The summed E-state index contributed by atoms with van der Waals surface area (Å²) in [6.45, 7) is 0.702. The van der Waals surface area contributed by atoms with Gasteiger partial charge in [-0.2, -0.15) is 0 Å². The molecule has 1 fully saturated rings. The first-order chi connectivity index (χ1) is 8.16. The van der Waals surface area contributed by atoms with Gasteiger partial charge in [-0.25, -0.2) is 4.79 Å². The van der Waals surface area contributed by atoms with Crippen molar-refractivity contribution in [2.45, 2.75) is 24.5 Å².